The molecule has 1 nitrogen and oxygen atoms in total. The van der Waals surface area contributed by atoms with Gasteiger partial charge < -0.3 is 5.32 Å². The van der Waals surface area contributed by atoms with Crippen molar-refractivity contribution in [2.75, 3.05) is 11.9 Å². The van der Waals surface area contributed by atoms with Crippen LogP contribution in [0.25, 0.3) is 0 Å². The molecule has 0 saturated heterocycles. The summed E-state index contributed by atoms with van der Waals surface area (Å²) in [5, 5.41) is 3.62. The number of anilines is 1. The van der Waals surface area contributed by atoms with Crippen molar-refractivity contribution in [1.82, 2.24) is 0 Å². The second-order valence-corrected chi connectivity index (χ2v) is 5.85. The zero-order chi connectivity index (χ0) is 12.6. The van der Waals surface area contributed by atoms with E-state index in [0.29, 0.717) is 5.92 Å². The molecule has 1 aliphatic heterocycles. The summed E-state index contributed by atoms with van der Waals surface area (Å²) in [4.78, 5) is 0. The van der Waals surface area contributed by atoms with Crippen molar-refractivity contribution in [2.45, 2.75) is 47.0 Å². The maximum atomic E-state index is 3.62. The fraction of sp³-hybridized carbons (Fsp3) is 0.625. The van der Waals surface area contributed by atoms with Crippen LogP contribution in [0.1, 0.15) is 49.8 Å². The molecule has 0 saturated carbocycles. The molecule has 0 spiro atoms. The molecule has 1 aromatic carbocycles. The van der Waals surface area contributed by atoms with E-state index in [1.165, 1.54) is 23.2 Å². The lowest BCUT2D eigenvalue weighted by Crippen LogP contribution is -2.19. The standard InChI is InChI=1S/C16H25N/c1-6-13(10(2)3)15-9-17-16-12(5)7-11(4)8-14(15)16/h7-8,10,13,15,17H,6,9H2,1-5H3. The summed E-state index contributed by atoms with van der Waals surface area (Å²) in [7, 11) is 0. The summed E-state index contributed by atoms with van der Waals surface area (Å²) in [5.74, 6) is 2.26. The van der Waals surface area contributed by atoms with Crippen molar-refractivity contribution < 1.29 is 0 Å². The minimum atomic E-state index is 0.702. The van der Waals surface area contributed by atoms with E-state index in [-0.39, 0.29) is 0 Å². The molecular weight excluding hydrogens is 206 g/mol. The smallest absolute Gasteiger partial charge is 0.0406 e. The highest BCUT2D eigenvalue weighted by molar-refractivity contribution is 5.64. The molecule has 0 radical (unpaired) electrons. The van der Waals surface area contributed by atoms with Crippen molar-refractivity contribution >= 4 is 5.69 Å². The summed E-state index contributed by atoms with van der Waals surface area (Å²) < 4.78 is 0. The van der Waals surface area contributed by atoms with Gasteiger partial charge in [-0.1, -0.05) is 44.9 Å². The fourth-order valence-electron chi connectivity index (χ4n) is 3.46. The Labute approximate surface area is 106 Å². The minimum absolute atomic E-state index is 0.702. The quantitative estimate of drug-likeness (QED) is 0.808. The Bertz CT molecular complexity index is 406. The van der Waals surface area contributed by atoms with Crippen LogP contribution in [-0.2, 0) is 0 Å². The van der Waals surface area contributed by atoms with Gasteiger partial charge in [0.25, 0.3) is 0 Å². The van der Waals surface area contributed by atoms with Crippen LogP contribution < -0.4 is 5.32 Å². The monoisotopic (exact) mass is 231 g/mol. The van der Waals surface area contributed by atoms with Crippen molar-refractivity contribution in [1.29, 1.82) is 0 Å². The number of hydrogen-bond acceptors (Lipinski definition) is 1. The molecule has 1 aromatic rings. The Balaban J connectivity index is 2.39. The molecule has 0 aliphatic carbocycles. The molecule has 0 bridgehead atoms. The van der Waals surface area contributed by atoms with Gasteiger partial charge in [-0.2, -0.15) is 0 Å². The van der Waals surface area contributed by atoms with E-state index >= 15 is 0 Å². The first-order valence-corrected chi connectivity index (χ1v) is 6.89. The number of aryl methyl sites for hydroxylation is 2. The Hall–Kier alpha value is -0.980. The number of hydrogen-bond donors (Lipinski definition) is 1. The van der Waals surface area contributed by atoms with Crippen molar-refractivity contribution in [3.8, 4) is 0 Å². The Morgan fingerprint density at radius 2 is 2.00 bits per heavy atom. The van der Waals surface area contributed by atoms with Gasteiger partial charge in [-0.15, -0.1) is 0 Å². The molecule has 0 aromatic heterocycles. The van der Waals surface area contributed by atoms with Gasteiger partial charge >= 0.3 is 0 Å². The lowest BCUT2D eigenvalue weighted by molar-refractivity contribution is 0.321. The van der Waals surface area contributed by atoms with Crippen LogP contribution in [0.15, 0.2) is 12.1 Å². The van der Waals surface area contributed by atoms with Gasteiger partial charge in [-0.05, 0) is 36.8 Å². The average molecular weight is 231 g/mol. The van der Waals surface area contributed by atoms with E-state index in [2.05, 4.69) is 52.1 Å². The minimum Gasteiger partial charge on any atom is -0.384 e. The number of rotatable bonds is 3. The summed E-state index contributed by atoms with van der Waals surface area (Å²) in [6.45, 7) is 12.6. The van der Waals surface area contributed by atoms with Crippen LogP contribution >= 0.6 is 0 Å². The first-order chi connectivity index (χ1) is 8.04. The third-order valence-electron chi connectivity index (χ3n) is 4.25. The molecular formula is C16H25N. The molecule has 17 heavy (non-hydrogen) atoms. The third-order valence-corrected chi connectivity index (χ3v) is 4.25. The van der Waals surface area contributed by atoms with E-state index in [1.807, 2.05) is 0 Å². The summed E-state index contributed by atoms with van der Waals surface area (Å²) in [6.07, 6.45) is 1.27. The molecule has 2 rings (SSSR count). The Kier molecular flexibility index (Phi) is 3.46. The molecule has 1 aliphatic rings. The second kappa shape index (κ2) is 4.72. The van der Waals surface area contributed by atoms with Gasteiger partial charge in [0, 0.05) is 18.2 Å². The number of fused-ring (bicyclic) bond motifs is 1. The van der Waals surface area contributed by atoms with Crippen LogP contribution in [0.5, 0.6) is 0 Å². The van der Waals surface area contributed by atoms with Crippen LogP contribution in [-0.4, -0.2) is 6.54 Å². The third kappa shape index (κ3) is 2.20. The maximum absolute atomic E-state index is 3.62. The summed E-state index contributed by atoms with van der Waals surface area (Å²) in [6, 6.07) is 4.67. The van der Waals surface area contributed by atoms with E-state index < -0.39 is 0 Å². The van der Waals surface area contributed by atoms with E-state index in [0.717, 1.165) is 18.4 Å². The molecule has 1 heterocycles. The largest absolute Gasteiger partial charge is 0.384 e. The predicted octanol–water partition coefficient (Wildman–Crippen LogP) is 4.49. The van der Waals surface area contributed by atoms with Crippen molar-refractivity contribution in [2.24, 2.45) is 11.8 Å². The highest BCUT2D eigenvalue weighted by atomic mass is 14.9. The first kappa shape index (κ1) is 12.5. The number of nitrogens with one attached hydrogen (secondary N) is 1. The molecule has 1 heteroatoms. The van der Waals surface area contributed by atoms with E-state index in [4.69, 9.17) is 0 Å². The van der Waals surface area contributed by atoms with Gasteiger partial charge in [0.2, 0.25) is 0 Å². The second-order valence-electron chi connectivity index (χ2n) is 5.85. The average Bonchev–Trinajstić information content (AvgIpc) is 2.63. The lowest BCUT2D eigenvalue weighted by Gasteiger charge is -2.26. The van der Waals surface area contributed by atoms with Gasteiger partial charge in [0.15, 0.2) is 0 Å². The van der Waals surface area contributed by atoms with Gasteiger partial charge in [0.05, 0.1) is 0 Å². The lowest BCUT2D eigenvalue weighted by atomic mass is 9.78. The summed E-state index contributed by atoms with van der Waals surface area (Å²) >= 11 is 0. The maximum Gasteiger partial charge on any atom is 0.0406 e. The molecule has 94 valence electrons. The highest BCUT2D eigenvalue weighted by Crippen LogP contribution is 2.42. The molecule has 2 atom stereocenters. The first-order valence-electron chi connectivity index (χ1n) is 6.89. The molecule has 1 N–H and O–H groups in total. The van der Waals surface area contributed by atoms with E-state index in [9.17, 15) is 0 Å². The normalized spacial score (nSPS) is 20.2. The molecule has 2 unspecified atom stereocenters. The van der Waals surface area contributed by atoms with Crippen LogP contribution in [0.2, 0.25) is 0 Å². The molecule has 0 fully saturated rings. The predicted molar refractivity (Wildman–Crippen MR) is 75.8 cm³/mol. The Morgan fingerprint density at radius 3 is 2.59 bits per heavy atom. The van der Waals surface area contributed by atoms with E-state index in [1.54, 1.807) is 5.56 Å². The van der Waals surface area contributed by atoms with Crippen LogP contribution in [0, 0.1) is 25.7 Å². The van der Waals surface area contributed by atoms with Crippen molar-refractivity contribution in [3.05, 3.63) is 28.8 Å². The topological polar surface area (TPSA) is 12.0 Å². The molecule has 0 amide bonds. The number of benzene rings is 1. The Morgan fingerprint density at radius 1 is 1.29 bits per heavy atom. The van der Waals surface area contributed by atoms with Gasteiger partial charge in [-0.3, -0.25) is 0 Å². The SMILES string of the molecule is CCC(C(C)C)C1CNc2c(C)cc(C)cc21. The van der Waals surface area contributed by atoms with Crippen LogP contribution in [0.3, 0.4) is 0 Å². The fourth-order valence-corrected chi connectivity index (χ4v) is 3.46. The van der Waals surface area contributed by atoms with Crippen LogP contribution in [0.4, 0.5) is 5.69 Å². The van der Waals surface area contributed by atoms with Gasteiger partial charge in [0.1, 0.15) is 0 Å². The van der Waals surface area contributed by atoms with Crippen molar-refractivity contribution in [3.63, 3.8) is 0 Å². The summed E-state index contributed by atoms with van der Waals surface area (Å²) in [5.41, 5.74) is 5.76. The zero-order valence-electron chi connectivity index (χ0n) is 11.8. The highest BCUT2D eigenvalue weighted by Gasteiger charge is 2.31. The van der Waals surface area contributed by atoms with Gasteiger partial charge in [-0.25, -0.2) is 0 Å². The zero-order valence-corrected chi connectivity index (χ0v) is 11.8.